The summed E-state index contributed by atoms with van der Waals surface area (Å²) in [5.74, 6) is 2.43. The Bertz CT molecular complexity index is 1250. The molecule has 0 aliphatic carbocycles. The summed E-state index contributed by atoms with van der Waals surface area (Å²) in [5, 5.41) is 2.27. The molecule has 4 aromatic rings. The molecule has 172 valence electrons. The molecule has 1 fully saturated rings. The van der Waals surface area contributed by atoms with Crippen LogP contribution in [0.25, 0.3) is 10.8 Å². The summed E-state index contributed by atoms with van der Waals surface area (Å²) in [7, 11) is 0. The maximum absolute atomic E-state index is 12.7. The average molecular weight is 453 g/mol. The van der Waals surface area contributed by atoms with E-state index in [1.165, 1.54) is 5.56 Å². The van der Waals surface area contributed by atoms with Crippen LogP contribution in [0.2, 0.25) is 0 Å². The zero-order valence-corrected chi connectivity index (χ0v) is 19.1. The number of amides is 1. The molecule has 0 saturated carbocycles. The third-order valence-corrected chi connectivity index (χ3v) is 6.09. The maximum Gasteiger partial charge on any atom is 0.260 e. The molecule has 34 heavy (non-hydrogen) atoms. The Hall–Kier alpha value is -3.83. The molecule has 5 rings (SSSR count). The van der Waals surface area contributed by atoms with Gasteiger partial charge in [-0.25, -0.2) is 0 Å². The Morgan fingerprint density at radius 1 is 0.676 bits per heavy atom. The summed E-state index contributed by atoms with van der Waals surface area (Å²) in [4.78, 5) is 17.0. The highest BCUT2D eigenvalue weighted by Gasteiger charge is 2.21. The third kappa shape index (κ3) is 5.56. The molecule has 0 unspecified atom stereocenters. The zero-order valence-electron chi connectivity index (χ0n) is 19.1. The fraction of sp³-hybridized carbons (Fsp3) is 0.207. The molecule has 1 aliphatic rings. The minimum absolute atomic E-state index is 0.0334. The lowest BCUT2D eigenvalue weighted by molar-refractivity contribution is -0.135. The van der Waals surface area contributed by atoms with E-state index < -0.39 is 0 Å². The summed E-state index contributed by atoms with van der Waals surface area (Å²) in [6, 6.07) is 32.1. The minimum atomic E-state index is 0.0334. The number of carbonyl (C=O) groups excluding carboxylic acids is 1. The standard InChI is InChI=1S/C29H28N2O3/c32-29(22-33-27-14-13-24-8-4-5-9-25(24)20-27)31-17-15-30(16-18-31)21-23-7-6-12-28(19-23)34-26-10-2-1-3-11-26/h1-14,19-20H,15-18,21-22H2. The summed E-state index contributed by atoms with van der Waals surface area (Å²) >= 11 is 0. The van der Waals surface area contributed by atoms with Gasteiger partial charge in [0.2, 0.25) is 0 Å². The molecular formula is C29H28N2O3. The van der Waals surface area contributed by atoms with Crippen molar-refractivity contribution < 1.29 is 14.3 Å². The van der Waals surface area contributed by atoms with Crippen molar-refractivity contribution in [2.75, 3.05) is 32.8 Å². The van der Waals surface area contributed by atoms with Crippen LogP contribution in [0.1, 0.15) is 5.56 Å². The molecule has 4 aromatic carbocycles. The fourth-order valence-corrected chi connectivity index (χ4v) is 4.24. The number of piperazine rings is 1. The first-order chi connectivity index (χ1) is 16.7. The predicted octanol–water partition coefficient (Wildman–Crippen LogP) is 5.36. The second kappa shape index (κ2) is 10.4. The Labute approximate surface area is 200 Å². The summed E-state index contributed by atoms with van der Waals surface area (Å²) in [6.07, 6.45) is 0. The van der Waals surface area contributed by atoms with Crippen LogP contribution in [-0.2, 0) is 11.3 Å². The van der Waals surface area contributed by atoms with Gasteiger partial charge in [0.05, 0.1) is 0 Å². The number of rotatable bonds is 7. The van der Waals surface area contributed by atoms with Crippen LogP contribution in [0.15, 0.2) is 97.1 Å². The van der Waals surface area contributed by atoms with E-state index in [1.54, 1.807) is 0 Å². The van der Waals surface area contributed by atoms with Gasteiger partial charge < -0.3 is 14.4 Å². The van der Waals surface area contributed by atoms with E-state index in [0.717, 1.165) is 47.7 Å². The van der Waals surface area contributed by atoms with Crippen molar-refractivity contribution in [3.05, 3.63) is 103 Å². The van der Waals surface area contributed by atoms with Crippen LogP contribution in [0, 0.1) is 0 Å². The van der Waals surface area contributed by atoms with Gasteiger partial charge in [0.15, 0.2) is 6.61 Å². The smallest absolute Gasteiger partial charge is 0.260 e. The van der Waals surface area contributed by atoms with E-state index in [4.69, 9.17) is 9.47 Å². The summed E-state index contributed by atoms with van der Waals surface area (Å²) < 4.78 is 11.8. The second-order valence-corrected chi connectivity index (χ2v) is 8.52. The summed E-state index contributed by atoms with van der Waals surface area (Å²) in [6.45, 7) is 4.00. The zero-order chi connectivity index (χ0) is 23.2. The molecule has 0 radical (unpaired) electrons. The van der Waals surface area contributed by atoms with Crippen LogP contribution in [0.3, 0.4) is 0 Å². The monoisotopic (exact) mass is 452 g/mol. The van der Waals surface area contributed by atoms with Gasteiger partial charge in [0, 0.05) is 32.7 Å². The fourth-order valence-electron chi connectivity index (χ4n) is 4.24. The lowest BCUT2D eigenvalue weighted by Gasteiger charge is -2.34. The van der Waals surface area contributed by atoms with E-state index >= 15 is 0 Å². The van der Waals surface area contributed by atoms with E-state index in [2.05, 4.69) is 23.1 Å². The molecule has 1 amide bonds. The van der Waals surface area contributed by atoms with Gasteiger partial charge in [-0.3, -0.25) is 9.69 Å². The van der Waals surface area contributed by atoms with Crippen molar-refractivity contribution in [1.82, 2.24) is 9.80 Å². The first-order valence-electron chi connectivity index (χ1n) is 11.7. The number of hydrogen-bond acceptors (Lipinski definition) is 4. The molecule has 0 aromatic heterocycles. The second-order valence-electron chi connectivity index (χ2n) is 8.52. The molecule has 1 aliphatic heterocycles. The molecule has 1 saturated heterocycles. The normalized spacial score (nSPS) is 14.2. The van der Waals surface area contributed by atoms with Crippen LogP contribution in [0.4, 0.5) is 0 Å². The topological polar surface area (TPSA) is 42.0 Å². The van der Waals surface area contributed by atoms with Crippen LogP contribution in [-0.4, -0.2) is 48.5 Å². The number of ether oxygens (including phenoxy) is 2. The Morgan fingerprint density at radius 2 is 1.41 bits per heavy atom. The van der Waals surface area contributed by atoms with Gasteiger partial charge in [-0.05, 0) is 52.7 Å². The molecule has 0 bridgehead atoms. The van der Waals surface area contributed by atoms with Crippen molar-refractivity contribution in [2.45, 2.75) is 6.54 Å². The molecule has 1 heterocycles. The minimum Gasteiger partial charge on any atom is -0.484 e. The Kier molecular flexibility index (Phi) is 6.73. The van der Waals surface area contributed by atoms with Gasteiger partial charge in [0.25, 0.3) is 5.91 Å². The van der Waals surface area contributed by atoms with Gasteiger partial charge in [0.1, 0.15) is 17.2 Å². The van der Waals surface area contributed by atoms with Gasteiger partial charge in [-0.2, -0.15) is 0 Å². The van der Waals surface area contributed by atoms with Crippen molar-refractivity contribution in [3.63, 3.8) is 0 Å². The number of benzene rings is 4. The largest absolute Gasteiger partial charge is 0.484 e. The lowest BCUT2D eigenvalue weighted by atomic mass is 10.1. The number of carbonyl (C=O) groups is 1. The Balaban J connectivity index is 1.10. The Morgan fingerprint density at radius 3 is 2.24 bits per heavy atom. The average Bonchev–Trinajstić information content (AvgIpc) is 2.88. The van der Waals surface area contributed by atoms with Gasteiger partial charge in [-0.15, -0.1) is 0 Å². The van der Waals surface area contributed by atoms with Crippen molar-refractivity contribution in [1.29, 1.82) is 0 Å². The number of hydrogen-bond donors (Lipinski definition) is 0. The summed E-state index contributed by atoms with van der Waals surface area (Å²) in [5.41, 5.74) is 1.20. The number of para-hydroxylation sites is 1. The van der Waals surface area contributed by atoms with Crippen LogP contribution in [0.5, 0.6) is 17.2 Å². The van der Waals surface area contributed by atoms with E-state index in [1.807, 2.05) is 83.8 Å². The highest BCUT2D eigenvalue weighted by molar-refractivity contribution is 5.84. The first kappa shape index (κ1) is 22.0. The van der Waals surface area contributed by atoms with Crippen LogP contribution >= 0.6 is 0 Å². The van der Waals surface area contributed by atoms with Crippen molar-refractivity contribution >= 4 is 16.7 Å². The highest BCUT2D eigenvalue weighted by Crippen LogP contribution is 2.23. The van der Waals surface area contributed by atoms with E-state index in [0.29, 0.717) is 13.1 Å². The van der Waals surface area contributed by atoms with Gasteiger partial charge >= 0.3 is 0 Å². The molecule has 0 N–H and O–H groups in total. The molecule has 5 heteroatoms. The van der Waals surface area contributed by atoms with Crippen molar-refractivity contribution in [2.24, 2.45) is 0 Å². The maximum atomic E-state index is 12.7. The van der Waals surface area contributed by atoms with E-state index in [9.17, 15) is 4.79 Å². The van der Waals surface area contributed by atoms with Crippen LogP contribution < -0.4 is 9.47 Å². The highest BCUT2D eigenvalue weighted by atomic mass is 16.5. The predicted molar refractivity (Wildman–Crippen MR) is 134 cm³/mol. The number of nitrogens with zero attached hydrogens (tertiary/aromatic N) is 2. The quantitative estimate of drug-likeness (QED) is 0.379. The van der Waals surface area contributed by atoms with Gasteiger partial charge in [-0.1, -0.05) is 60.7 Å². The SMILES string of the molecule is O=C(COc1ccc2ccccc2c1)N1CCN(Cc2cccc(Oc3ccccc3)c2)CC1. The first-order valence-corrected chi connectivity index (χ1v) is 11.7. The number of fused-ring (bicyclic) bond motifs is 1. The molecule has 0 spiro atoms. The lowest BCUT2D eigenvalue weighted by Crippen LogP contribution is -2.49. The molecular weight excluding hydrogens is 424 g/mol. The van der Waals surface area contributed by atoms with E-state index in [-0.39, 0.29) is 12.5 Å². The van der Waals surface area contributed by atoms with Crippen molar-refractivity contribution in [3.8, 4) is 17.2 Å². The molecule has 5 nitrogen and oxygen atoms in total. The third-order valence-electron chi connectivity index (χ3n) is 6.09. The molecule has 0 atom stereocenters.